The van der Waals surface area contributed by atoms with Crippen LogP contribution >= 0.6 is 0 Å². The topological polar surface area (TPSA) is 78.6 Å². The van der Waals surface area contributed by atoms with Gasteiger partial charge in [0.2, 0.25) is 0 Å². The van der Waals surface area contributed by atoms with Crippen LogP contribution in [0.25, 0.3) is 0 Å². The lowest BCUT2D eigenvalue weighted by atomic mass is 9.78. The summed E-state index contributed by atoms with van der Waals surface area (Å²) < 4.78 is 5.49. The summed E-state index contributed by atoms with van der Waals surface area (Å²) in [5.74, 6) is 4.39. The fourth-order valence-electron chi connectivity index (χ4n) is 2.61. The van der Waals surface area contributed by atoms with Crippen molar-refractivity contribution in [3.05, 3.63) is 29.3 Å². The molecule has 1 heterocycles. The van der Waals surface area contributed by atoms with Crippen molar-refractivity contribution < 1.29 is 19.2 Å². The van der Waals surface area contributed by atoms with Crippen LogP contribution in [0.15, 0.2) is 18.2 Å². The maximum absolute atomic E-state index is 12.5. The van der Waals surface area contributed by atoms with Gasteiger partial charge < -0.3 is 9.57 Å². The molecule has 1 aromatic rings. The van der Waals surface area contributed by atoms with Crippen LogP contribution in [0.5, 0.6) is 5.75 Å². The van der Waals surface area contributed by atoms with Gasteiger partial charge in [-0.2, -0.15) is 5.90 Å². The number of hydrogen-bond donors (Lipinski definition) is 1. The molecular formula is C15H19NO4. The molecule has 20 heavy (non-hydrogen) atoms. The average molecular weight is 277 g/mol. The van der Waals surface area contributed by atoms with Crippen molar-refractivity contribution in [3.63, 3.8) is 0 Å². The molecule has 2 unspecified atom stereocenters. The van der Waals surface area contributed by atoms with Gasteiger partial charge in [-0.1, -0.05) is 6.07 Å². The number of nitrogens with two attached hydrogens (primary N) is 1. The second-order valence-electron chi connectivity index (χ2n) is 5.61. The highest BCUT2D eigenvalue weighted by Gasteiger charge is 2.47. The van der Waals surface area contributed by atoms with Crippen molar-refractivity contribution in [1.29, 1.82) is 0 Å². The third-order valence-electron chi connectivity index (χ3n) is 3.70. The first-order valence-corrected chi connectivity index (χ1v) is 6.51. The summed E-state index contributed by atoms with van der Waals surface area (Å²) in [4.78, 5) is 29.5. The monoisotopic (exact) mass is 277 g/mol. The van der Waals surface area contributed by atoms with Crippen LogP contribution in [-0.2, 0) is 14.3 Å². The molecule has 0 radical (unpaired) electrons. The molecule has 0 saturated carbocycles. The first-order valence-electron chi connectivity index (χ1n) is 6.51. The Morgan fingerprint density at radius 1 is 1.30 bits per heavy atom. The lowest BCUT2D eigenvalue weighted by Gasteiger charge is -2.37. The SMILES string of the molecule is Cc1cc(ON)ccc1C1C(=O)C(C)OC(C)(C)C1=O. The van der Waals surface area contributed by atoms with E-state index in [0.717, 1.165) is 5.56 Å². The summed E-state index contributed by atoms with van der Waals surface area (Å²) in [6, 6.07) is 5.07. The van der Waals surface area contributed by atoms with Crippen molar-refractivity contribution >= 4 is 11.6 Å². The summed E-state index contributed by atoms with van der Waals surface area (Å²) in [6.45, 7) is 6.89. The van der Waals surface area contributed by atoms with Crippen LogP contribution in [0.1, 0.15) is 37.8 Å². The molecule has 0 bridgehead atoms. The molecule has 2 atom stereocenters. The van der Waals surface area contributed by atoms with Gasteiger partial charge in [-0.3, -0.25) is 9.59 Å². The molecule has 0 aromatic heterocycles. The minimum Gasteiger partial charge on any atom is -0.412 e. The van der Waals surface area contributed by atoms with Crippen molar-refractivity contribution in [3.8, 4) is 5.75 Å². The van der Waals surface area contributed by atoms with E-state index < -0.39 is 17.6 Å². The smallest absolute Gasteiger partial charge is 0.179 e. The Hall–Kier alpha value is -1.72. The van der Waals surface area contributed by atoms with Crippen LogP contribution in [0.4, 0.5) is 0 Å². The van der Waals surface area contributed by atoms with E-state index in [1.807, 2.05) is 6.92 Å². The van der Waals surface area contributed by atoms with E-state index in [4.69, 9.17) is 10.6 Å². The zero-order valence-electron chi connectivity index (χ0n) is 12.1. The molecule has 0 amide bonds. The first-order chi connectivity index (χ1) is 9.27. The normalized spacial score (nSPS) is 25.6. The van der Waals surface area contributed by atoms with E-state index >= 15 is 0 Å². The summed E-state index contributed by atoms with van der Waals surface area (Å²) in [5.41, 5.74) is 0.515. The predicted octanol–water partition coefficient (Wildman–Crippen LogP) is 1.67. The number of ether oxygens (including phenoxy) is 1. The maximum atomic E-state index is 12.5. The van der Waals surface area contributed by atoms with E-state index in [1.54, 1.807) is 39.0 Å². The third-order valence-corrected chi connectivity index (χ3v) is 3.70. The summed E-state index contributed by atoms with van der Waals surface area (Å²) >= 11 is 0. The molecular weight excluding hydrogens is 258 g/mol. The van der Waals surface area contributed by atoms with Gasteiger partial charge in [-0.25, -0.2) is 0 Å². The number of aryl methyl sites for hydroxylation is 1. The highest BCUT2D eigenvalue weighted by atomic mass is 16.6. The molecule has 1 aliphatic rings. The molecule has 1 aromatic carbocycles. The fourth-order valence-corrected chi connectivity index (χ4v) is 2.61. The van der Waals surface area contributed by atoms with Crippen molar-refractivity contribution in [2.75, 3.05) is 0 Å². The van der Waals surface area contributed by atoms with E-state index in [9.17, 15) is 9.59 Å². The number of ketones is 2. The van der Waals surface area contributed by atoms with Crippen LogP contribution in [-0.4, -0.2) is 23.3 Å². The van der Waals surface area contributed by atoms with Gasteiger partial charge in [-0.15, -0.1) is 0 Å². The Morgan fingerprint density at radius 2 is 1.95 bits per heavy atom. The zero-order chi connectivity index (χ0) is 15.1. The van der Waals surface area contributed by atoms with Gasteiger partial charge in [0, 0.05) is 0 Å². The Labute approximate surface area is 118 Å². The number of benzene rings is 1. The molecule has 1 fully saturated rings. The van der Waals surface area contributed by atoms with Crippen LogP contribution < -0.4 is 10.7 Å². The number of Topliss-reactive ketones (excluding diaryl/α,β-unsaturated/α-hetero) is 2. The standard InChI is InChI=1S/C15H19NO4/c1-8-7-10(20-16)5-6-11(8)12-13(17)9(2)19-15(3,4)14(12)18/h5-7,9,12H,16H2,1-4H3. The predicted molar refractivity (Wildman–Crippen MR) is 73.4 cm³/mol. The lowest BCUT2D eigenvalue weighted by Crippen LogP contribution is -2.52. The van der Waals surface area contributed by atoms with Crippen molar-refractivity contribution in [2.45, 2.75) is 45.3 Å². The summed E-state index contributed by atoms with van der Waals surface area (Å²) in [5, 5.41) is 0. The van der Waals surface area contributed by atoms with Gasteiger partial charge in [-0.05, 0) is 51.0 Å². The van der Waals surface area contributed by atoms with Crippen LogP contribution in [0, 0.1) is 6.92 Å². The molecule has 2 rings (SSSR count). The van der Waals surface area contributed by atoms with E-state index in [0.29, 0.717) is 11.3 Å². The van der Waals surface area contributed by atoms with E-state index in [-0.39, 0.29) is 11.6 Å². The Bertz CT molecular complexity index is 565. The van der Waals surface area contributed by atoms with Crippen LogP contribution in [0.3, 0.4) is 0 Å². The lowest BCUT2D eigenvalue weighted by molar-refractivity contribution is -0.168. The van der Waals surface area contributed by atoms with Gasteiger partial charge in [0.25, 0.3) is 0 Å². The second-order valence-corrected chi connectivity index (χ2v) is 5.61. The quantitative estimate of drug-likeness (QED) is 0.657. The largest absolute Gasteiger partial charge is 0.412 e. The molecule has 108 valence electrons. The molecule has 5 heteroatoms. The van der Waals surface area contributed by atoms with Crippen molar-refractivity contribution in [2.24, 2.45) is 5.90 Å². The van der Waals surface area contributed by atoms with Gasteiger partial charge in [0.15, 0.2) is 11.6 Å². The maximum Gasteiger partial charge on any atom is 0.179 e. The average Bonchev–Trinajstić information content (AvgIpc) is 2.38. The van der Waals surface area contributed by atoms with E-state index in [1.165, 1.54) is 0 Å². The molecule has 1 aliphatic heterocycles. The minimum atomic E-state index is -0.965. The second kappa shape index (κ2) is 5.00. The highest BCUT2D eigenvalue weighted by molar-refractivity contribution is 6.14. The zero-order valence-corrected chi connectivity index (χ0v) is 12.1. The molecule has 2 N–H and O–H groups in total. The Morgan fingerprint density at radius 3 is 2.50 bits per heavy atom. The van der Waals surface area contributed by atoms with Gasteiger partial charge in [0.05, 0.1) is 0 Å². The molecule has 0 spiro atoms. The van der Waals surface area contributed by atoms with Gasteiger partial charge in [0.1, 0.15) is 23.4 Å². The molecule has 1 saturated heterocycles. The molecule has 0 aliphatic carbocycles. The summed E-state index contributed by atoms with van der Waals surface area (Å²) in [6.07, 6.45) is -0.600. The Kier molecular flexibility index (Phi) is 3.67. The van der Waals surface area contributed by atoms with Crippen LogP contribution in [0.2, 0.25) is 0 Å². The fraction of sp³-hybridized carbons (Fsp3) is 0.467. The summed E-state index contributed by atoms with van der Waals surface area (Å²) in [7, 11) is 0. The highest BCUT2D eigenvalue weighted by Crippen LogP contribution is 2.35. The number of hydrogen-bond acceptors (Lipinski definition) is 5. The van der Waals surface area contributed by atoms with Crippen molar-refractivity contribution in [1.82, 2.24) is 0 Å². The van der Waals surface area contributed by atoms with E-state index in [2.05, 4.69) is 4.84 Å². The minimum absolute atomic E-state index is 0.209. The molecule has 5 nitrogen and oxygen atoms in total. The number of rotatable bonds is 2. The third kappa shape index (κ3) is 2.34. The first kappa shape index (κ1) is 14.7. The van der Waals surface area contributed by atoms with Gasteiger partial charge >= 0.3 is 0 Å². The number of carbonyl (C=O) groups is 2. The Balaban J connectivity index is 2.49. The number of carbonyl (C=O) groups excluding carboxylic acids is 2.